The van der Waals surface area contributed by atoms with Crippen molar-refractivity contribution in [3.8, 4) is 0 Å². The van der Waals surface area contributed by atoms with Gasteiger partial charge in [-0.2, -0.15) is 0 Å². The third kappa shape index (κ3) is 4.51. The minimum atomic E-state index is -0.740. The maximum absolute atomic E-state index is 12.1. The highest BCUT2D eigenvalue weighted by Crippen LogP contribution is 2.26. The van der Waals surface area contributed by atoms with Gasteiger partial charge >= 0.3 is 5.97 Å². The van der Waals surface area contributed by atoms with Crippen LogP contribution in [0, 0.1) is 0 Å². The summed E-state index contributed by atoms with van der Waals surface area (Å²) in [6.07, 6.45) is 4.01. The van der Waals surface area contributed by atoms with Gasteiger partial charge in [0, 0.05) is 24.0 Å². The van der Waals surface area contributed by atoms with Gasteiger partial charge in [0.25, 0.3) is 0 Å². The number of aliphatic hydroxyl groups is 1. The van der Waals surface area contributed by atoms with Crippen molar-refractivity contribution in [2.45, 2.75) is 6.92 Å². The second-order valence-electron chi connectivity index (χ2n) is 4.04. The molecule has 0 amide bonds. The zero-order valence-corrected chi connectivity index (χ0v) is 14.2. The first-order valence-electron chi connectivity index (χ1n) is 6.38. The predicted molar refractivity (Wildman–Crippen MR) is 90.7 cm³/mol. The first-order valence-corrected chi connectivity index (χ1v) is 8.01. The van der Waals surface area contributed by atoms with E-state index in [1.165, 1.54) is 29.8 Å². The van der Waals surface area contributed by atoms with E-state index < -0.39 is 11.7 Å². The monoisotopic (exact) mass is 371 g/mol. The number of carbonyl (C=O) groups is 1. The van der Waals surface area contributed by atoms with Crippen LogP contribution < -0.4 is 0 Å². The molecular formula is C14H11Cl2N3O3S. The van der Waals surface area contributed by atoms with E-state index >= 15 is 0 Å². The summed E-state index contributed by atoms with van der Waals surface area (Å²) < 4.78 is 4.93. The summed E-state index contributed by atoms with van der Waals surface area (Å²) in [6.45, 7) is 1.80. The zero-order chi connectivity index (χ0) is 16.8. The largest absolute Gasteiger partial charge is 0.506 e. The SMILES string of the molecule is CCOC(=O)C(/C=N/c1nccs1)=C(\O)c1cnc(Cl)cc1Cl. The fraction of sp³-hybridized carbons (Fsp3) is 0.143. The van der Waals surface area contributed by atoms with Gasteiger partial charge in [-0.05, 0) is 13.0 Å². The Labute approximate surface area is 146 Å². The maximum Gasteiger partial charge on any atom is 0.343 e. The van der Waals surface area contributed by atoms with Crippen molar-refractivity contribution in [3.05, 3.63) is 45.2 Å². The van der Waals surface area contributed by atoms with Crippen LogP contribution in [-0.2, 0) is 9.53 Å². The van der Waals surface area contributed by atoms with Crippen molar-refractivity contribution in [2.24, 2.45) is 4.99 Å². The number of esters is 1. The minimum Gasteiger partial charge on any atom is -0.506 e. The van der Waals surface area contributed by atoms with Gasteiger partial charge in [0.1, 0.15) is 16.5 Å². The summed E-state index contributed by atoms with van der Waals surface area (Å²) in [7, 11) is 0. The summed E-state index contributed by atoms with van der Waals surface area (Å²) in [4.78, 5) is 23.9. The maximum atomic E-state index is 12.1. The Morgan fingerprint density at radius 3 is 2.87 bits per heavy atom. The number of hydrogen-bond donors (Lipinski definition) is 1. The van der Waals surface area contributed by atoms with Crippen LogP contribution in [0.2, 0.25) is 10.2 Å². The van der Waals surface area contributed by atoms with Gasteiger partial charge in [-0.15, -0.1) is 11.3 Å². The molecule has 0 unspecified atom stereocenters. The van der Waals surface area contributed by atoms with Crippen molar-refractivity contribution < 1.29 is 14.6 Å². The molecule has 0 saturated carbocycles. The Balaban J connectivity index is 2.47. The predicted octanol–water partition coefficient (Wildman–Crippen LogP) is 4.08. The summed E-state index contributed by atoms with van der Waals surface area (Å²) in [5.74, 6) is -1.14. The van der Waals surface area contributed by atoms with Crippen molar-refractivity contribution in [1.29, 1.82) is 0 Å². The van der Waals surface area contributed by atoms with E-state index in [0.717, 1.165) is 0 Å². The average molecular weight is 372 g/mol. The van der Waals surface area contributed by atoms with Gasteiger partial charge < -0.3 is 9.84 Å². The Morgan fingerprint density at radius 1 is 1.48 bits per heavy atom. The number of hydrogen-bond acceptors (Lipinski definition) is 7. The summed E-state index contributed by atoms with van der Waals surface area (Å²) >= 11 is 13.0. The highest BCUT2D eigenvalue weighted by molar-refractivity contribution is 7.13. The lowest BCUT2D eigenvalue weighted by Crippen LogP contribution is -2.11. The van der Waals surface area contributed by atoms with Gasteiger partial charge in [-0.1, -0.05) is 23.2 Å². The molecule has 0 spiro atoms. The van der Waals surface area contributed by atoms with Crippen LogP contribution in [0.3, 0.4) is 0 Å². The Hall–Kier alpha value is -1.96. The number of aliphatic imine (C=N–C) groups is 1. The molecule has 0 radical (unpaired) electrons. The van der Waals surface area contributed by atoms with E-state index in [0.29, 0.717) is 5.13 Å². The van der Waals surface area contributed by atoms with Crippen LogP contribution in [0.15, 0.2) is 34.4 Å². The molecule has 0 bridgehead atoms. The Bertz CT molecular complexity index is 761. The fourth-order valence-corrected chi connectivity index (χ4v) is 2.48. The number of aliphatic hydroxyl groups excluding tert-OH is 1. The van der Waals surface area contributed by atoms with Crippen LogP contribution in [0.1, 0.15) is 12.5 Å². The van der Waals surface area contributed by atoms with Crippen LogP contribution in [0.4, 0.5) is 5.13 Å². The zero-order valence-electron chi connectivity index (χ0n) is 11.9. The van der Waals surface area contributed by atoms with Gasteiger partial charge in [0.05, 0.1) is 17.2 Å². The van der Waals surface area contributed by atoms with E-state index in [4.69, 9.17) is 27.9 Å². The van der Waals surface area contributed by atoms with Crippen molar-refractivity contribution in [3.63, 3.8) is 0 Å². The topological polar surface area (TPSA) is 84.7 Å². The van der Waals surface area contributed by atoms with E-state index in [9.17, 15) is 9.90 Å². The molecule has 0 aliphatic heterocycles. The number of rotatable bonds is 5. The van der Waals surface area contributed by atoms with Crippen LogP contribution in [0.25, 0.3) is 5.76 Å². The van der Waals surface area contributed by atoms with Crippen LogP contribution in [0.5, 0.6) is 0 Å². The molecular weight excluding hydrogens is 361 g/mol. The fourth-order valence-electron chi connectivity index (χ4n) is 1.55. The Morgan fingerprint density at radius 2 is 2.26 bits per heavy atom. The quantitative estimate of drug-likeness (QED) is 0.281. The highest BCUT2D eigenvalue weighted by Gasteiger charge is 2.19. The molecule has 0 atom stereocenters. The molecule has 6 nitrogen and oxygen atoms in total. The normalized spacial score (nSPS) is 12.3. The van der Waals surface area contributed by atoms with Gasteiger partial charge in [-0.3, -0.25) is 0 Å². The van der Waals surface area contributed by atoms with E-state index in [-0.39, 0.29) is 27.9 Å². The molecule has 0 fully saturated rings. The van der Waals surface area contributed by atoms with E-state index in [1.807, 2.05) is 0 Å². The first-order chi connectivity index (χ1) is 11.0. The van der Waals surface area contributed by atoms with E-state index in [2.05, 4.69) is 15.0 Å². The molecule has 0 aromatic carbocycles. The number of halogens is 2. The molecule has 1 N–H and O–H groups in total. The number of thiazole rings is 1. The van der Waals surface area contributed by atoms with Gasteiger partial charge in [0.15, 0.2) is 0 Å². The molecule has 2 heterocycles. The number of nitrogens with zero attached hydrogens (tertiary/aromatic N) is 3. The lowest BCUT2D eigenvalue weighted by Gasteiger charge is -2.08. The number of carbonyl (C=O) groups excluding carboxylic acids is 1. The molecule has 23 heavy (non-hydrogen) atoms. The third-order valence-electron chi connectivity index (χ3n) is 2.55. The molecule has 2 aromatic rings. The molecule has 9 heteroatoms. The minimum absolute atomic E-state index is 0.143. The molecule has 0 aliphatic carbocycles. The number of aromatic nitrogens is 2. The highest BCUT2D eigenvalue weighted by atomic mass is 35.5. The smallest absolute Gasteiger partial charge is 0.343 e. The Kier molecular flexibility index (Phi) is 6.09. The van der Waals surface area contributed by atoms with Crippen molar-refractivity contribution in [1.82, 2.24) is 9.97 Å². The second-order valence-corrected chi connectivity index (χ2v) is 5.71. The van der Waals surface area contributed by atoms with Crippen molar-refractivity contribution >= 4 is 57.6 Å². The molecule has 0 aliphatic rings. The number of ether oxygens (including phenoxy) is 1. The van der Waals surface area contributed by atoms with Crippen LogP contribution in [-0.4, -0.2) is 33.9 Å². The first kappa shape index (κ1) is 17.4. The standard InChI is InChI=1S/C14H11Cl2N3O3S/c1-2-22-13(21)9(7-19-14-17-3-4-23-14)12(20)8-6-18-11(16)5-10(8)15/h3-7,20H,2H2,1H3/b12-9-,19-7+. The molecule has 2 rings (SSSR count). The molecule has 2 aromatic heterocycles. The van der Waals surface area contributed by atoms with Crippen molar-refractivity contribution in [2.75, 3.05) is 6.61 Å². The van der Waals surface area contributed by atoms with Crippen LogP contribution >= 0.6 is 34.5 Å². The molecule has 120 valence electrons. The molecule has 0 saturated heterocycles. The second kappa shape index (κ2) is 8.05. The van der Waals surface area contributed by atoms with Gasteiger partial charge in [-0.25, -0.2) is 19.8 Å². The third-order valence-corrected chi connectivity index (χ3v) is 3.75. The summed E-state index contributed by atoms with van der Waals surface area (Å²) in [5.41, 5.74) is -0.0159. The lowest BCUT2D eigenvalue weighted by molar-refractivity contribution is -0.137. The van der Waals surface area contributed by atoms with E-state index in [1.54, 1.807) is 18.5 Å². The lowest BCUT2D eigenvalue weighted by atomic mass is 10.1. The summed E-state index contributed by atoms with van der Waals surface area (Å²) in [5, 5.41) is 12.9. The summed E-state index contributed by atoms with van der Waals surface area (Å²) in [6, 6.07) is 1.36. The van der Waals surface area contributed by atoms with Gasteiger partial charge in [0.2, 0.25) is 5.13 Å². The average Bonchev–Trinajstić information content (AvgIpc) is 3.01. The number of pyridine rings is 1.